The van der Waals surface area contributed by atoms with E-state index < -0.39 is 22.5 Å². The van der Waals surface area contributed by atoms with Crippen molar-refractivity contribution < 1.29 is 22.8 Å². The fourth-order valence-corrected chi connectivity index (χ4v) is 1.75. The van der Waals surface area contributed by atoms with Gasteiger partial charge in [0.05, 0.1) is 12.7 Å². The predicted octanol–water partition coefficient (Wildman–Crippen LogP) is 3.68. The van der Waals surface area contributed by atoms with E-state index in [1.807, 2.05) is 0 Å². The zero-order chi connectivity index (χ0) is 15.6. The highest BCUT2D eigenvalue weighted by molar-refractivity contribution is 5.68. The molecule has 0 radical (unpaired) electrons. The van der Waals surface area contributed by atoms with Gasteiger partial charge >= 0.3 is 12.0 Å². The summed E-state index contributed by atoms with van der Waals surface area (Å²) in [5.74, 6) is -0.317. The van der Waals surface area contributed by atoms with E-state index in [1.54, 1.807) is 0 Å². The molecule has 0 saturated heterocycles. The standard InChI is InChI=1S/C13H9F3N2O3/c1-21-10-5-6-11(18(19)20)17-12(10)8-3-2-4-9(7-8)13(14,15)16/h2-7H,1H3. The molecule has 0 unspecified atom stereocenters. The summed E-state index contributed by atoms with van der Waals surface area (Å²) < 4.78 is 43.1. The maximum atomic E-state index is 12.7. The van der Waals surface area contributed by atoms with Gasteiger partial charge < -0.3 is 14.9 Å². The van der Waals surface area contributed by atoms with Gasteiger partial charge in [0.15, 0.2) is 5.75 Å². The quantitative estimate of drug-likeness (QED) is 0.640. The van der Waals surface area contributed by atoms with E-state index in [4.69, 9.17) is 4.74 Å². The first-order chi connectivity index (χ1) is 9.82. The number of hydrogen-bond donors (Lipinski definition) is 0. The molecule has 0 N–H and O–H groups in total. The number of pyridine rings is 1. The molecule has 0 bridgehead atoms. The largest absolute Gasteiger partial charge is 0.492 e. The molecular weight excluding hydrogens is 289 g/mol. The topological polar surface area (TPSA) is 65.3 Å². The minimum atomic E-state index is -4.51. The van der Waals surface area contributed by atoms with Crippen molar-refractivity contribution in [2.75, 3.05) is 7.11 Å². The van der Waals surface area contributed by atoms with Gasteiger partial charge in [-0.25, -0.2) is 0 Å². The fourth-order valence-electron chi connectivity index (χ4n) is 1.75. The Labute approximate surface area is 117 Å². The van der Waals surface area contributed by atoms with Crippen LogP contribution in [0.3, 0.4) is 0 Å². The van der Waals surface area contributed by atoms with Gasteiger partial charge in [-0.15, -0.1) is 0 Å². The van der Waals surface area contributed by atoms with Crippen molar-refractivity contribution in [2.45, 2.75) is 6.18 Å². The first kappa shape index (κ1) is 14.8. The summed E-state index contributed by atoms with van der Waals surface area (Å²) in [4.78, 5) is 13.8. The fraction of sp³-hybridized carbons (Fsp3) is 0.154. The van der Waals surface area contributed by atoms with E-state index in [9.17, 15) is 23.3 Å². The van der Waals surface area contributed by atoms with Gasteiger partial charge in [-0.3, -0.25) is 0 Å². The van der Waals surface area contributed by atoms with Gasteiger partial charge in [0, 0.05) is 11.6 Å². The molecule has 21 heavy (non-hydrogen) atoms. The third-order valence-electron chi connectivity index (χ3n) is 2.71. The zero-order valence-corrected chi connectivity index (χ0v) is 10.7. The van der Waals surface area contributed by atoms with Crippen LogP contribution in [0.2, 0.25) is 0 Å². The van der Waals surface area contributed by atoms with Crippen LogP contribution in [-0.4, -0.2) is 17.0 Å². The summed E-state index contributed by atoms with van der Waals surface area (Å²) in [6.07, 6.45) is -4.51. The summed E-state index contributed by atoms with van der Waals surface area (Å²) in [5.41, 5.74) is -0.793. The Hall–Kier alpha value is -2.64. The lowest BCUT2D eigenvalue weighted by Gasteiger charge is -2.08. The molecule has 0 atom stereocenters. The number of halogens is 3. The molecule has 0 aliphatic carbocycles. The molecule has 1 aromatic carbocycles. The van der Waals surface area contributed by atoms with Crippen molar-refractivity contribution in [1.29, 1.82) is 0 Å². The first-order valence-corrected chi connectivity index (χ1v) is 5.70. The number of nitrogens with zero attached hydrogens (tertiary/aromatic N) is 2. The van der Waals surface area contributed by atoms with Crippen LogP contribution >= 0.6 is 0 Å². The van der Waals surface area contributed by atoms with Crippen molar-refractivity contribution in [3.63, 3.8) is 0 Å². The van der Waals surface area contributed by atoms with Gasteiger partial charge in [-0.1, -0.05) is 12.1 Å². The van der Waals surface area contributed by atoms with Crippen molar-refractivity contribution in [2.24, 2.45) is 0 Å². The molecule has 0 saturated carbocycles. The van der Waals surface area contributed by atoms with Gasteiger partial charge in [0.1, 0.15) is 0 Å². The van der Waals surface area contributed by atoms with Crippen LogP contribution < -0.4 is 4.74 Å². The van der Waals surface area contributed by atoms with Crippen LogP contribution in [0.15, 0.2) is 36.4 Å². The minimum Gasteiger partial charge on any atom is -0.492 e. The number of rotatable bonds is 3. The van der Waals surface area contributed by atoms with E-state index in [0.717, 1.165) is 18.2 Å². The SMILES string of the molecule is COc1ccc([N+](=O)[O-])nc1-c1cccc(C(F)(F)F)c1. The molecule has 0 aliphatic heterocycles. The molecule has 110 valence electrons. The second-order valence-electron chi connectivity index (χ2n) is 4.06. The Morgan fingerprint density at radius 2 is 1.95 bits per heavy atom. The monoisotopic (exact) mass is 298 g/mol. The number of nitro groups is 1. The smallest absolute Gasteiger partial charge is 0.416 e. The molecule has 1 heterocycles. The van der Waals surface area contributed by atoms with E-state index in [0.29, 0.717) is 0 Å². The van der Waals surface area contributed by atoms with E-state index >= 15 is 0 Å². The van der Waals surface area contributed by atoms with E-state index in [-0.39, 0.29) is 17.0 Å². The van der Waals surface area contributed by atoms with E-state index in [2.05, 4.69) is 4.98 Å². The van der Waals surface area contributed by atoms with Crippen LogP contribution in [0.25, 0.3) is 11.3 Å². The Morgan fingerprint density at radius 3 is 2.52 bits per heavy atom. The maximum Gasteiger partial charge on any atom is 0.416 e. The molecule has 0 fully saturated rings. The van der Waals surface area contributed by atoms with Crippen molar-refractivity contribution in [1.82, 2.24) is 4.98 Å². The lowest BCUT2D eigenvalue weighted by Crippen LogP contribution is -2.05. The Balaban J connectivity index is 2.60. The van der Waals surface area contributed by atoms with Gasteiger partial charge in [-0.05, 0) is 28.1 Å². The number of methoxy groups -OCH3 is 1. The summed E-state index contributed by atoms with van der Waals surface area (Å²) in [7, 11) is 1.31. The highest BCUT2D eigenvalue weighted by Gasteiger charge is 2.31. The van der Waals surface area contributed by atoms with Crippen LogP contribution in [0, 0.1) is 10.1 Å². The summed E-state index contributed by atoms with van der Waals surface area (Å²) in [5, 5.41) is 10.7. The van der Waals surface area contributed by atoms with Crippen LogP contribution in [0.4, 0.5) is 19.0 Å². The highest BCUT2D eigenvalue weighted by atomic mass is 19.4. The highest BCUT2D eigenvalue weighted by Crippen LogP contribution is 2.35. The molecule has 2 aromatic rings. The average molecular weight is 298 g/mol. The molecule has 0 aliphatic rings. The zero-order valence-electron chi connectivity index (χ0n) is 10.7. The molecular formula is C13H9F3N2O3. The Bertz CT molecular complexity index is 687. The summed E-state index contributed by atoms with van der Waals surface area (Å²) >= 11 is 0. The Morgan fingerprint density at radius 1 is 1.24 bits per heavy atom. The lowest BCUT2D eigenvalue weighted by molar-refractivity contribution is -0.389. The third-order valence-corrected chi connectivity index (χ3v) is 2.71. The van der Waals surface area contributed by atoms with Crippen LogP contribution in [0.5, 0.6) is 5.75 Å². The van der Waals surface area contributed by atoms with Crippen LogP contribution in [-0.2, 0) is 6.18 Å². The number of aromatic nitrogens is 1. The first-order valence-electron chi connectivity index (χ1n) is 5.70. The summed E-state index contributed by atoms with van der Waals surface area (Å²) in [6.45, 7) is 0. The molecule has 0 amide bonds. The number of benzene rings is 1. The molecule has 8 heteroatoms. The predicted molar refractivity (Wildman–Crippen MR) is 67.9 cm³/mol. The summed E-state index contributed by atoms with van der Waals surface area (Å²) in [6, 6.07) is 6.78. The number of hydrogen-bond acceptors (Lipinski definition) is 4. The minimum absolute atomic E-state index is 0.0159. The third kappa shape index (κ3) is 3.10. The number of alkyl halides is 3. The average Bonchev–Trinajstić information content (AvgIpc) is 2.45. The van der Waals surface area contributed by atoms with Crippen molar-refractivity contribution >= 4 is 5.82 Å². The van der Waals surface area contributed by atoms with Crippen LogP contribution in [0.1, 0.15) is 5.56 Å². The second-order valence-corrected chi connectivity index (χ2v) is 4.06. The molecule has 2 rings (SSSR count). The molecule has 0 spiro atoms. The molecule has 1 aromatic heterocycles. The number of ether oxygens (including phenoxy) is 1. The van der Waals surface area contributed by atoms with Gasteiger partial charge in [-0.2, -0.15) is 13.2 Å². The van der Waals surface area contributed by atoms with Gasteiger partial charge in [0.25, 0.3) is 0 Å². The normalized spacial score (nSPS) is 11.2. The van der Waals surface area contributed by atoms with Crippen molar-refractivity contribution in [3.8, 4) is 17.0 Å². The Kier molecular flexibility index (Phi) is 3.79. The van der Waals surface area contributed by atoms with Gasteiger partial charge in [0.2, 0.25) is 5.69 Å². The van der Waals surface area contributed by atoms with E-state index in [1.165, 1.54) is 25.3 Å². The second kappa shape index (κ2) is 5.39. The maximum absolute atomic E-state index is 12.7. The van der Waals surface area contributed by atoms with Crippen molar-refractivity contribution in [3.05, 3.63) is 52.1 Å². The molecule has 5 nitrogen and oxygen atoms in total. The lowest BCUT2D eigenvalue weighted by atomic mass is 10.1.